The molecule has 0 unspecified atom stereocenters. The van der Waals surface area contributed by atoms with Gasteiger partial charge in [0.15, 0.2) is 0 Å². The molecule has 0 saturated carbocycles. The van der Waals surface area contributed by atoms with Crippen LogP contribution in [0.2, 0.25) is 0 Å². The fourth-order valence-electron chi connectivity index (χ4n) is 2.15. The molecule has 0 bridgehead atoms. The van der Waals surface area contributed by atoms with Gasteiger partial charge in [0.25, 0.3) is 0 Å². The van der Waals surface area contributed by atoms with Gasteiger partial charge in [0.2, 0.25) is 0 Å². The first-order chi connectivity index (χ1) is 7.08. The average molecular weight is 269 g/mol. The van der Waals surface area contributed by atoms with Crippen molar-refractivity contribution in [2.45, 2.75) is 38.8 Å². The summed E-state index contributed by atoms with van der Waals surface area (Å²) in [5.74, 6) is 0. The van der Waals surface area contributed by atoms with Crippen LogP contribution in [0, 0.1) is 0 Å². The van der Waals surface area contributed by atoms with Crippen molar-refractivity contribution in [3.05, 3.63) is 28.5 Å². The molecule has 1 aromatic heterocycles. The van der Waals surface area contributed by atoms with E-state index in [1.165, 1.54) is 19.4 Å². The van der Waals surface area contributed by atoms with Crippen molar-refractivity contribution in [2.24, 2.45) is 0 Å². The standard InChI is InChI=1S/C12H17BrN2/c1-12(2)6-3-7-15(12)9-11-5-4-10(13)8-14-11/h4-5,8H,3,6-7,9H2,1-2H3. The van der Waals surface area contributed by atoms with E-state index in [4.69, 9.17) is 0 Å². The number of pyridine rings is 1. The molecule has 0 N–H and O–H groups in total. The second-order valence-corrected chi connectivity index (χ2v) is 5.72. The predicted octanol–water partition coefficient (Wildman–Crippen LogP) is 3.22. The Balaban J connectivity index is 2.06. The molecule has 1 aliphatic heterocycles. The van der Waals surface area contributed by atoms with Gasteiger partial charge in [-0.15, -0.1) is 0 Å². The molecule has 0 aromatic carbocycles. The van der Waals surface area contributed by atoms with E-state index in [1.807, 2.05) is 6.20 Å². The topological polar surface area (TPSA) is 16.1 Å². The van der Waals surface area contributed by atoms with Crippen LogP contribution in [0.25, 0.3) is 0 Å². The molecule has 2 nitrogen and oxygen atoms in total. The monoisotopic (exact) mass is 268 g/mol. The van der Waals surface area contributed by atoms with Crippen LogP contribution in [0.4, 0.5) is 0 Å². The molecule has 2 heterocycles. The minimum absolute atomic E-state index is 0.342. The Morgan fingerprint density at radius 2 is 2.27 bits per heavy atom. The fourth-order valence-corrected chi connectivity index (χ4v) is 2.39. The summed E-state index contributed by atoms with van der Waals surface area (Å²) in [6.07, 6.45) is 4.48. The van der Waals surface area contributed by atoms with Crippen molar-refractivity contribution in [3.63, 3.8) is 0 Å². The van der Waals surface area contributed by atoms with Crippen LogP contribution in [0.3, 0.4) is 0 Å². The molecule has 1 aromatic rings. The highest BCUT2D eigenvalue weighted by molar-refractivity contribution is 9.10. The van der Waals surface area contributed by atoms with Crippen LogP contribution >= 0.6 is 15.9 Å². The lowest BCUT2D eigenvalue weighted by Crippen LogP contribution is -2.37. The first-order valence-corrected chi connectivity index (χ1v) is 6.23. The van der Waals surface area contributed by atoms with Crippen molar-refractivity contribution >= 4 is 15.9 Å². The lowest BCUT2D eigenvalue weighted by Gasteiger charge is -2.31. The summed E-state index contributed by atoms with van der Waals surface area (Å²) in [4.78, 5) is 6.94. The number of nitrogens with zero attached hydrogens (tertiary/aromatic N) is 2. The van der Waals surface area contributed by atoms with E-state index >= 15 is 0 Å². The summed E-state index contributed by atoms with van der Waals surface area (Å²) < 4.78 is 1.05. The van der Waals surface area contributed by atoms with E-state index < -0.39 is 0 Å². The summed E-state index contributed by atoms with van der Waals surface area (Å²) in [7, 11) is 0. The maximum Gasteiger partial charge on any atom is 0.0545 e. The Kier molecular flexibility index (Phi) is 3.12. The molecule has 82 valence electrons. The molecule has 3 heteroatoms. The van der Waals surface area contributed by atoms with Crippen LogP contribution in [0.5, 0.6) is 0 Å². The normalized spacial score (nSPS) is 20.7. The Bertz CT molecular complexity index is 332. The van der Waals surface area contributed by atoms with Crippen molar-refractivity contribution in [3.8, 4) is 0 Å². The van der Waals surface area contributed by atoms with Crippen LogP contribution < -0.4 is 0 Å². The van der Waals surface area contributed by atoms with E-state index in [0.717, 1.165) is 16.7 Å². The Hall–Kier alpha value is -0.410. The molecule has 0 amide bonds. The SMILES string of the molecule is CC1(C)CCCN1Cc1ccc(Br)cn1. The van der Waals surface area contributed by atoms with Gasteiger partial charge in [-0.3, -0.25) is 9.88 Å². The summed E-state index contributed by atoms with van der Waals surface area (Å²) in [5.41, 5.74) is 1.50. The van der Waals surface area contributed by atoms with Gasteiger partial charge < -0.3 is 0 Å². The van der Waals surface area contributed by atoms with Crippen LogP contribution in [0.15, 0.2) is 22.8 Å². The van der Waals surface area contributed by atoms with Gasteiger partial charge in [-0.25, -0.2) is 0 Å². The molecule has 0 aliphatic carbocycles. The quantitative estimate of drug-likeness (QED) is 0.819. The summed E-state index contributed by atoms with van der Waals surface area (Å²) in [6, 6.07) is 4.16. The zero-order chi connectivity index (χ0) is 10.9. The fraction of sp³-hybridized carbons (Fsp3) is 0.583. The first kappa shape index (κ1) is 11.1. The highest BCUT2D eigenvalue weighted by Crippen LogP contribution is 2.29. The van der Waals surface area contributed by atoms with Crippen LogP contribution in [-0.4, -0.2) is 22.0 Å². The van der Waals surface area contributed by atoms with E-state index in [2.05, 4.69) is 51.8 Å². The highest BCUT2D eigenvalue weighted by atomic mass is 79.9. The summed E-state index contributed by atoms with van der Waals surface area (Å²) in [5, 5.41) is 0. The predicted molar refractivity (Wildman–Crippen MR) is 65.7 cm³/mol. The van der Waals surface area contributed by atoms with Crippen LogP contribution in [-0.2, 0) is 6.54 Å². The van der Waals surface area contributed by atoms with Crippen LogP contribution in [0.1, 0.15) is 32.4 Å². The number of rotatable bonds is 2. The smallest absolute Gasteiger partial charge is 0.0545 e. The summed E-state index contributed by atoms with van der Waals surface area (Å²) in [6.45, 7) is 6.81. The Morgan fingerprint density at radius 1 is 1.47 bits per heavy atom. The summed E-state index contributed by atoms with van der Waals surface area (Å²) >= 11 is 3.40. The number of hydrogen-bond acceptors (Lipinski definition) is 2. The molecular weight excluding hydrogens is 252 g/mol. The van der Waals surface area contributed by atoms with Gasteiger partial charge in [0.05, 0.1) is 5.69 Å². The van der Waals surface area contributed by atoms with Crippen molar-refractivity contribution in [1.82, 2.24) is 9.88 Å². The molecular formula is C12H17BrN2. The maximum atomic E-state index is 4.42. The van der Waals surface area contributed by atoms with Gasteiger partial charge in [0, 0.05) is 22.8 Å². The third kappa shape index (κ3) is 2.58. The molecule has 15 heavy (non-hydrogen) atoms. The highest BCUT2D eigenvalue weighted by Gasteiger charge is 2.31. The minimum atomic E-state index is 0.342. The molecule has 0 radical (unpaired) electrons. The molecule has 1 aliphatic rings. The Labute approximate surface area is 99.8 Å². The maximum absolute atomic E-state index is 4.42. The van der Waals surface area contributed by atoms with E-state index in [9.17, 15) is 0 Å². The van der Waals surface area contributed by atoms with Crippen molar-refractivity contribution < 1.29 is 0 Å². The first-order valence-electron chi connectivity index (χ1n) is 5.43. The van der Waals surface area contributed by atoms with E-state index in [-0.39, 0.29) is 0 Å². The lowest BCUT2D eigenvalue weighted by molar-refractivity contribution is 0.164. The third-order valence-corrected chi connectivity index (χ3v) is 3.68. The number of halogens is 1. The van der Waals surface area contributed by atoms with E-state index in [0.29, 0.717) is 5.54 Å². The number of aromatic nitrogens is 1. The van der Waals surface area contributed by atoms with E-state index in [1.54, 1.807) is 0 Å². The Morgan fingerprint density at radius 3 is 2.80 bits per heavy atom. The molecule has 0 spiro atoms. The third-order valence-electron chi connectivity index (χ3n) is 3.21. The largest absolute Gasteiger partial charge is 0.292 e. The number of likely N-dealkylation sites (tertiary alicyclic amines) is 1. The minimum Gasteiger partial charge on any atom is -0.292 e. The van der Waals surface area contributed by atoms with Gasteiger partial charge in [-0.05, 0) is 61.3 Å². The molecule has 1 fully saturated rings. The number of hydrogen-bond donors (Lipinski definition) is 0. The second-order valence-electron chi connectivity index (χ2n) is 4.81. The molecule has 2 rings (SSSR count). The zero-order valence-electron chi connectivity index (χ0n) is 9.33. The molecule has 1 saturated heterocycles. The second kappa shape index (κ2) is 4.22. The van der Waals surface area contributed by atoms with Crippen molar-refractivity contribution in [1.29, 1.82) is 0 Å². The van der Waals surface area contributed by atoms with Gasteiger partial charge in [0.1, 0.15) is 0 Å². The van der Waals surface area contributed by atoms with Crippen molar-refractivity contribution in [2.75, 3.05) is 6.54 Å². The lowest BCUT2D eigenvalue weighted by atomic mass is 10.0. The van der Waals surface area contributed by atoms with Gasteiger partial charge in [-0.1, -0.05) is 0 Å². The van der Waals surface area contributed by atoms with Gasteiger partial charge >= 0.3 is 0 Å². The molecule has 0 atom stereocenters. The van der Waals surface area contributed by atoms with Gasteiger partial charge in [-0.2, -0.15) is 0 Å². The zero-order valence-corrected chi connectivity index (χ0v) is 10.9. The average Bonchev–Trinajstić information content (AvgIpc) is 2.50.